The molecule has 3 fully saturated rings. The molecule has 1 spiro atoms. The van der Waals surface area contributed by atoms with Gasteiger partial charge in [0.2, 0.25) is 0 Å². The fourth-order valence-corrected chi connectivity index (χ4v) is 4.58. The third-order valence-electron chi connectivity index (χ3n) is 6.13. The van der Waals surface area contributed by atoms with Crippen molar-refractivity contribution in [2.24, 2.45) is 23.2 Å². The molecule has 0 aromatic heterocycles. The van der Waals surface area contributed by atoms with Crippen LogP contribution in [0.15, 0.2) is 0 Å². The van der Waals surface area contributed by atoms with Crippen LogP contribution in [0.1, 0.15) is 46.5 Å². The first-order chi connectivity index (χ1) is 8.61. The van der Waals surface area contributed by atoms with Crippen LogP contribution in [0.4, 0.5) is 0 Å². The number of hydrogen-bond donors (Lipinski definition) is 1. The Kier molecular flexibility index (Phi) is 3.44. The van der Waals surface area contributed by atoms with Gasteiger partial charge in [-0.25, -0.2) is 0 Å². The Hall–Kier alpha value is -0.0800. The highest BCUT2D eigenvalue weighted by molar-refractivity contribution is 5.06. The van der Waals surface area contributed by atoms with Crippen LogP contribution in [-0.4, -0.2) is 37.1 Å². The lowest BCUT2D eigenvalue weighted by Crippen LogP contribution is -2.47. The molecule has 3 aliphatic rings. The second-order valence-electron chi connectivity index (χ2n) is 7.53. The van der Waals surface area contributed by atoms with Gasteiger partial charge in [0.15, 0.2) is 0 Å². The summed E-state index contributed by atoms with van der Waals surface area (Å²) in [6, 6.07) is 0.806. The standard InChI is InChI=1S/C16H30N2/c1-12-8-13(2)14(3)18(10-12)11-15-9-16(15)4-6-17-7-5-16/h12-15,17H,4-11H2,1-3H3. The van der Waals surface area contributed by atoms with Crippen LogP contribution >= 0.6 is 0 Å². The highest BCUT2D eigenvalue weighted by Gasteiger charge is 2.54. The Morgan fingerprint density at radius 2 is 1.89 bits per heavy atom. The summed E-state index contributed by atoms with van der Waals surface area (Å²) in [5.74, 6) is 2.80. The molecule has 2 saturated heterocycles. The van der Waals surface area contributed by atoms with Gasteiger partial charge in [0.25, 0.3) is 0 Å². The molecular formula is C16H30N2. The van der Waals surface area contributed by atoms with Crippen LogP contribution < -0.4 is 5.32 Å². The molecular weight excluding hydrogens is 220 g/mol. The molecule has 2 heteroatoms. The average Bonchev–Trinajstić information content (AvgIpc) is 2.98. The summed E-state index contributed by atoms with van der Waals surface area (Å²) in [6.45, 7) is 12.6. The van der Waals surface area contributed by atoms with Crippen molar-refractivity contribution in [3.63, 3.8) is 0 Å². The van der Waals surface area contributed by atoms with Crippen LogP contribution in [0.25, 0.3) is 0 Å². The fraction of sp³-hybridized carbons (Fsp3) is 1.00. The number of likely N-dealkylation sites (tertiary alicyclic amines) is 1. The summed E-state index contributed by atoms with van der Waals surface area (Å²) >= 11 is 0. The van der Waals surface area contributed by atoms with Crippen molar-refractivity contribution in [3.8, 4) is 0 Å². The number of piperidine rings is 2. The molecule has 1 N–H and O–H groups in total. The maximum atomic E-state index is 3.51. The average molecular weight is 250 g/mol. The smallest absolute Gasteiger partial charge is 0.00928 e. The zero-order chi connectivity index (χ0) is 12.8. The first kappa shape index (κ1) is 12.9. The lowest BCUT2D eigenvalue weighted by atomic mass is 9.85. The van der Waals surface area contributed by atoms with Crippen molar-refractivity contribution < 1.29 is 0 Å². The van der Waals surface area contributed by atoms with Gasteiger partial charge in [-0.3, -0.25) is 4.90 Å². The molecule has 0 aromatic carbocycles. The predicted molar refractivity (Wildman–Crippen MR) is 76.6 cm³/mol. The van der Waals surface area contributed by atoms with Crippen molar-refractivity contribution in [2.45, 2.75) is 52.5 Å². The van der Waals surface area contributed by atoms with Crippen molar-refractivity contribution in [1.82, 2.24) is 10.2 Å². The largest absolute Gasteiger partial charge is 0.317 e. The van der Waals surface area contributed by atoms with Crippen LogP contribution in [0, 0.1) is 23.2 Å². The van der Waals surface area contributed by atoms with Gasteiger partial charge in [0.1, 0.15) is 0 Å². The minimum atomic E-state index is 0.759. The van der Waals surface area contributed by atoms with Crippen molar-refractivity contribution in [3.05, 3.63) is 0 Å². The van der Waals surface area contributed by atoms with Gasteiger partial charge in [-0.05, 0) is 68.9 Å². The van der Waals surface area contributed by atoms with E-state index in [0.717, 1.165) is 29.2 Å². The molecule has 1 saturated carbocycles. The topological polar surface area (TPSA) is 15.3 Å². The van der Waals surface area contributed by atoms with Gasteiger partial charge in [-0.15, -0.1) is 0 Å². The maximum absolute atomic E-state index is 3.51. The fourth-order valence-electron chi connectivity index (χ4n) is 4.58. The van der Waals surface area contributed by atoms with E-state index >= 15 is 0 Å². The second-order valence-corrected chi connectivity index (χ2v) is 7.53. The Morgan fingerprint density at radius 1 is 1.17 bits per heavy atom. The number of rotatable bonds is 2. The van der Waals surface area contributed by atoms with E-state index in [1.54, 1.807) is 0 Å². The second kappa shape index (κ2) is 4.79. The molecule has 0 aromatic rings. The van der Waals surface area contributed by atoms with E-state index in [1.807, 2.05) is 0 Å². The van der Waals surface area contributed by atoms with E-state index in [4.69, 9.17) is 0 Å². The van der Waals surface area contributed by atoms with Crippen LogP contribution in [-0.2, 0) is 0 Å². The zero-order valence-electron chi connectivity index (χ0n) is 12.4. The molecule has 0 amide bonds. The van der Waals surface area contributed by atoms with Crippen LogP contribution in [0.3, 0.4) is 0 Å². The van der Waals surface area contributed by atoms with E-state index < -0.39 is 0 Å². The van der Waals surface area contributed by atoms with E-state index in [1.165, 1.54) is 51.9 Å². The summed E-state index contributed by atoms with van der Waals surface area (Å²) in [5.41, 5.74) is 0.759. The van der Waals surface area contributed by atoms with Crippen LogP contribution in [0.2, 0.25) is 0 Å². The lowest BCUT2D eigenvalue weighted by molar-refractivity contribution is 0.0697. The molecule has 2 nitrogen and oxygen atoms in total. The van der Waals surface area contributed by atoms with Gasteiger partial charge < -0.3 is 5.32 Å². The van der Waals surface area contributed by atoms with Gasteiger partial charge in [-0.2, -0.15) is 0 Å². The third kappa shape index (κ3) is 2.34. The molecule has 2 heterocycles. The molecule has 18 heavy (non-hydrogen) atoms. The monoisotopic (exact) mass is 250 g/mol. The van der Waals surface area contributed by atoms with Gasteiger partial charge in [0.05, 0.1) is 0 Å². The summed E-state index contributed by atoms with van der Waals surface area (Å²) in [4.78, 5) is 2.81. The Labute approximate surface area is 113 Å². The van der Waals surface area contributed by atoms with E-state index in [-0.39, 0.29) is 0 Å². The van der Waals surface area contributed by atoms with E-state index in [2.05, 4.69) is 31.0 Å². The molecule has 4 atom stereocenters. The SMILES string of the molecule is CC1CC(C)C(C)N(CC2CC23CCNCC3)C1. The third-order valence-corrected chi connectivity index (χ3v) is 6.13. The maximum Gasteiger partial charge on any atom is 0.00928 e. The highest BCUT2D eigenvalue weighted by atomic mass is 15.2. The predicted octanol–water partition coefficient (Wildman–Crippen LogP) is 2.74. The quantitative estimate of drug-likeness (QED) is 0.811. The number of nitrogens with one attached hydrogen (secondary N) is 1. The van der Waals surface area contributed by atoms with Crippen LogP contribution in [0.5, 0.6) is 0 Å². The van der Waals surface area contributed by atoms with Gasteiger partial charge >= 0.3 is 0 Å². The first-order valence-electron chi connectivity index (χ1n) is 8.05. The normalized spacial score (nSPS) is 44.2. The number of nitrogens with zero attached hydrogens (tertiary/aromatic N) is 1. The minimum Gasteiger partial charge on any atom is -0.317 e. The van der Waals surface area contributed by atoms with Crippen molar-refractivity contribution >= 4 is 0 Å². The van der Waals surface area contributed by atoms with Crippen molar-refractivity contribution in [1.29, 1.82) is 0 Å². The molecule has 2 aliphatic heterocycles. The molecule has 4 unspecified atom stereocenters. The summed E-state index contributed by atoms with van der Waals surface area (Å²) in [6.07, 6.45) is 5.81. The first-order valence-corrected chi connectivity index (χ1v) is 8.05. The summed E-state index contributed by atoms with van der Waals surface area (Å²) in [7, 11) is 0. The van der Waals surface area contributed by atoms with E-state index in [0.29, 0.717) is 0 Å². The molecule has 1 aliphatic carbocycles. The Balaban J connectivity index is 1.56. The zero-order valence-corrected chi connectivity index (χ0v) is 12.4. The summed E-state index contributed by atoms with van der Waals surface area (Å²) < 4.78 is 0. The summed E-state index contributed by atoms with van der Waals surface area (Å²) in [5, 5.41) is 3.51. The molecule has 0 bridgehead atoms. The molecule has 104 valence electrons. The molecule has 3 rings (SSSR count). The van der Waals surface area contributed by atoms with Crippen molar-refractivity contribution in [2.75, 3.05) is 26.2 Å². The number of hydrogen-bond acceptors (Lipinski definition) is 2. The lowest BCUT2D eigenvalue weighted by Gasteiger charge is -2.41. The molecule has 0 radical (unpaired) electrons. The Bertz CT molecular complexity index is 295. The minimum absolute atomic E-state index is 0.759. The van der Waals surface area contributed by atoms with E-state index in [9.17, 15) is 0 Å². The Morgan fingerprint density at radius 3 is 2.61 bits per heavy atom. The van der Waals surface area contributed by atoms with Gasteiger partial charge in [-0.1, -0.05) is 13.8 Å². The van der Waals surface area contributed by atoms with Gasteiger partial charge in [0, 0.05) is 19.1 Å². The highest BCUT2D eigenvalue weighted by Crippen LogP contribution is 2.59.